The molecule has 2 rings (SSSR count). The molecule has 0 spiro atoms. The van der Waals surface area contributed by atoms with Crippen molar-refractivity contribution in [1.82, 2.24) is 0 Å². The van der Waals surface area contributed by atoms with Crippen molar-refractivity contribution in [2.24, 2.45) is 9.98 Å². The van der Waals surface area contributed by atoms with Crippen molar-refractivity contribution >= 4 is 24.1 Å². The van der Waals surface area contributed by atoms with Crippen LogP contribution < -0.4 is 9.47 Å². The Bertz CT molecular complexity index is 1490. The van der Waals surface area contributed by atoms with Gasteiger partial charge in [0.2, 0.25) is 12.2 Å². The molecule has 0 radical (unpaired) electrons. The molecule has 0 aliphatic rings. The van der Waals surface area contributed by atoms with E-state index in [1.807, 2.05) is 6.92 Å². The van der Waals surface area contributed by atoms with Crippen LogP contribution in [0.4, 0.5) is 0 Å². The minimum absolute atomic E-state index is 0.212. The van der Waals surface area contributed by atoms with Crippen molar-refractivity contribution < 1.29 is 38.1 Å². The molecule has 0 heterocycles. The number of aliphatic imine (C=N–C) groups is 2. The molecule has 0 N–H and O–H groups in total. The van der Waals surface area contributed by atoms with E-state index >= 15 is 0 Å². The van der Waals surface area contributed by atoms with Gasteiger partial charge in [-0.25, -0.2) is 19.2 Å². The van der Waals surface area contributed by atoms with Crippen molar-refractivity contribution in [3.05, 3.63) is 59.7 Å². The van der Waals surface area contributed by atoms with Crippen LogP contribution in [0.5, 0.6) is 11.5 Å². The average Bonchev–Trinajstić information content (AvgIpc) is 3.16. The molecule has 0 fully saturated rings. The number of methoxy groups -OCH3 is 1. The van der Waals surface area contributed by atoms with E-state index in [0.29, 0.717) is 11.5 Å². The van der Waals surface area contributed by atoms with Gasteiger partial charge in [-0.1, -0.05) is 115 Å². The third kappa shape index (κ3) is 22.3. The van der Waals surface area contributed by atoms with Gasteiger partial charge >= 0.3 is 11.9 Å². The Kier molecular flexibility index (Phi) is 26.2. The second-order valence-electron chi connectivity index (χ2n) is 12.7. The molecule has 0 amide bonds. The van der Waals surface area contributed by atoms with Crippen LogP contribution in [0.25, 0.3) is 0 Å². The first-order chi connectivity index (χ1) is 25.8. The van der Waals surface area contributed by atoms with E-state index < -0.39 is 24.0 Å². The highest BCUT2D eigenvalue weighted by Crippen LogP contribution is 2.18. The van der Waals surface area contributed by atoms with Crippen LogP contribution >= 0.6 is 0 Å². The second-order valence-corrected chi connectivity index (χ2v) is 12.7. The van der Waals surface area contributed by atoms with Crippen molar-refractivity contribution in [3.63, 3.8) is 0 Å². The molecule has 12 nitrogen and oxygen atoms in total. The van der Waals surface area contributed by atoms with Gasteiger partial charge in [0.05, 0.1) is 13.2 Å². The van der Waals surface area contributed by atoms with Gasteiger partial charge in [0, 0.05) is 12.8 Å². The molecule has 0 aliphatic carbocycles. The number of ether oxygens (including phenoxy) is 4. The molecule has 3 unspecified atom stereocenters. The normalized spacial score (nSPS) is 11.7. The number of carbonyl (C=O) groups excluding carboxylic acids is 4. The van der Waals surface area contributed by atoms with Gasteiger partial charge in [0.15, 0.2) is 12.1 Å². The molecular weight excluding hydrogens is 676 g/mol. The zero-order valence-electron chi connectivity index (χ0n) is 31.4. The number of benzene rings is 2. The Balaban J connectivity index is 0.000000652. The van der Waals surface area contributed by atoms with Gasteiger partial charge < -0.3 is 18.9 Å². The quantitative estimate of drug-likeness (QED) is 0.0299. The lowest BCUT2D eigenvalue weighted by Crippen LogP contribution is -2.27. The monoisotopic (exact) mass is 730 g/mol. The molecule has 53 heavy (non-hydrogen) atoms. The highest BCUT2D eigenvalue weighted by Gasteiger charge is 2.22. The van der Waals surface area contributed by atoms with Crippen molar-refractivity contribution in [2.45, 2.75) is 141 Å². The molecule has 0 saturated carbocycles. The SMILES string of the molecule is CCCCCCCCCCCCCCCCC(C)OC(=O)C(Cc1ccc(OC#N)cc1)N=C=O.COC(=O)C(Cc1ccc(OC#N)cc1)N=C=O. The highest BCUT2D eigenvalue weighted by atomic mass is 16.5. The first kappa shape index (κ1) is 45.7. The third-order valence-electron chi connectivity index (χ3n) is 8.48. The Hall–Kier alpha value is -5.28. The predicted molar refractivity (Wildman–Crippen MR) is 199 cm³/mol. The van der Waals surface area contributed by atoms with E-state index in [1.54, 1.807) is 61.0 Å². The van der Waals surface area contributed by atoms with Crippen LogP contribution in [0.1, 0.15) is 121 Å². The van der Waals surface area contributed by atoms with Gasteiger partial charge in [0.25, 0.3) is 12.5 Å². The van der Waals surface area contributed by atoms with Crippen molar-refractivity contribution in [1.29, 1.82) is 10.5 Å². The molecule has 2 aromatic carbocycles. The molecule has 12 heteroatoms. The first-order valence-corrected chi connectivity index (χ1v) is 18.5. The second kappa shape index (κ2) is 30.4. The Labute approximate surface area is 314 Å². The zero-order chi connectivity index (χ0) is 38.9. The fourth-order valence-corrected chi connectivity index (χ4v) is 5.53. The Morgan fingerprint density at radius 2 is 1.00 bits per heavy atom. The maximum absolute atomic E-state index is 12.5. The minimum atomic E-state index is -0.922. The Morgan fingerprint density at radius 3 is 1.36 bits per heavy atom. The number of rotatable bonds is 26. The number of carbonyl (C=O) groups is 2. The van der Waals surface area contributed by atoms with E-state index in [2.05, 4.69) is 26.4 Å². The van der Waals surface area contributed by atoms with E-state index in [0.717, 1.165) is 30.4 Å². The van der Waals surface area contributed by atoms with Crippen molar-refractivity contribution in [2.75, 3.05) is 7.11 Å². The van der Waals surface area contributed by atoms with Crippen LogP contribution in [0, 0.1) is 23.0 Å². The summed E-state index contributed by atoms with van der Waals surface area (Å²) in [5, 5.41) is 16.9. The summed E-state index contributed by atoms with van der Waals surface area (Å²) >= 11 is 0. The molecule has 2 aromatic rings. The first-order valence-electron chi connectivity index (χ1n) is 18.5. The maximum Gasteiger partial charge on any atom is 0.332 e. The maximum atomic E-state index is 12.5. The van der Waals surface area contributed by atoms with Crippen LogP contribution in [-0.2, 0) is 41.5 Å². The summed E-state index contributed by atoms with van der Waals surface area (Å²) in [5.41, 5.74) is 1.55. The molecule has 0 bridgehead atoms. The lowest BCUT2D eigenvalue weighted by molar-refractivity contribution is -0.150. The zero-order valence-corrected chi connectivity index (χ0v) is 31.4. The summed E-state index contributed by atoms with van der Waals surface area (Å²) in [7, 11) is 1.22. The highest BCUT2D eigenvalue weighted by molar-refractivity contribution is 5.78. The van der Waals surface area contributed by atoms with Crippen molar-refractivity contribution in [3.8, 4) is 24.0 Å². The topological polar surface area (TPSA) is 178 Å². The largest absolute Gasteiger partial charge is 0.467 e. The van der Waals surface area contributed by atoms with Gasteiger partial charge in [-0.2, -0.15) is 9.98 Å². The number of isocyanates is 2. The lowest BCUT2D eigenvalue weighted by Gasteiger charge is -2.16. The number of nitrogens with zero attached hydrogens (tertiary/aromatic N) is 4. The van der Waals surface area contributed by atoms with E-state index in [9.17, 15) is 19.2 Å². The van der Waals surface area contributed by atoms with Crippen LogP contribution in [0.3, 0.4) is 0 Å². The Morgan fingerprint density at radius 1 is 0.623 bits per heavy atom. The molecular formula is C41H54N4O8. The number of esters is 2. The number of hydrogen-bond donors (Lipinski definition) is 0. The smallest absolute Gasteiger partial charge is 0.332 e. The number of nitriles is 2. The molecule has 0 aromatic heterocycles. The number of unbranched alkanes of at least 4 members (excludes halogenated alkanes) is 13. The standard InChI is InChI=1S/C29H44N2O4.C12H10N2O4/c1-3-4-5-6-7-8-9-10-11-12-13-14-15-16-17-25(2)35-29(33)28(31-24-32)22-26-18-20-27(21-19-26)34-23-30;1-17-12(16)11(14-8-15)6-9-2-4-10(5-3-9)18-7-13/h18-21,25,28H,3-17,22H2,1-2H3;2-5,11H,6H2,1H3. The molecule has 0 saturated heterocycles. The molecule has 286 valence electrons. The summed E-state index contributed by atoms with van der Waals surface area (Å²) in [6.45, 7) is 4.15. The fourth-order valence-electron chi connectivity index (χ4n) is 5.53. The minimum Gasteiger partial charge on any atom is -0.467 e. The summed E-state index contributed by atoms with van der Waals surface area (Å²) in [5.74, 6) is -0.301. The van der Waals surface area contributed by atoms with Gasteiger partial charge in [-0.15, -0.1) is 10.5 Å². The fraction of sp³-hybridized carbons (Fsp3) is 0.561. The predicted octanol–water partition coefficient (Wildman–Crippen LogP) is 8.56. The van der Waals surface area contributed by atoms with Gasteiger partial charge in [-0.3, -0.25) is 0 Å². The van der Waals surface area contributed by atoms with E-state index in [1.165, 1.54) is 96.3 Å². The van der Waals surface area contributed by atoms with E-state index in [-0.39, 0.29) is 18.9 Å². The van der Waals surface area contributed by atoms with Gasteiger partial charge in [0.1, 0.15) is 11.5 Å². The van der Waals surface area contributed by atoms with Crippen LogP contribution in [0.2, 0.25) is 0 Å². The molecule has 0 aliphatic heterocycles. The summed E-state index contributed by atoms with van der Waals surface area (Å²) in [6.07, 6.45) is 25.4. The summed E-state index contributed by atoms with van der Waals surface area (Å²) in [6, 6.07) is 11.4. The number of hydrogen-bond acceptors (Lipinski definition) is 12. The van der Waals surface area contributed by atoms with Crippen LogP contribution in [0.15, 0.2) is 58.5 Å². The van der Waals surface area contributed by atoms with Crippen LogP contribution in [-0.4, -0.2) is 49.4 Å². The summed E-state index contributed by atoms with van der Waals surface area (Å²) in [4.78, 5) is 51.9. The summed E-state index contributed by atoms with van der Waals surface area (Å²) < 4.78 is 19.4. The average molecular weight is 731 g/mol. The molecule has 3 atom stereocenters. The van der Waals surface area contributed by atoms with E-state index in [4.69, 9.17) is 20.0 Å². The third-order valence-corrected chi connectivity index (χ3v) is 8.48. The van der Waals surface area contributed by atoms with Gasteiger partial charge in [-0.05, 0) is 55.2 Å². The lowest BCUT2D eigenvalue weighted by atomic mass is 10.0.